The molecule has 0 aliphatic heterocycles. The van der Waals surface area contributed by atoms with Gasteiger partial charge in [-0.05, 0) is 56.9 Å². The highest BCUT2D eigenvalue weighted by Crippen LogP contribution is 2.32. The first-order chi connectivity index (χ1) is 6.75. The quantitative estimate of drug-likeness (QED) is 0.704. The van der Waals surface area contributed by atoms with Crippen LogP contribution < -0.4 is 11.1 Å². The first-order valence-corrected chi connectivity index (χ1v) is 6.24. The molecule has 3 unspecified atom stereocenters. The minimum atomic E-state index is 0.473. The average molecular weight is 196 g/mol. The van der Waals surface area contributed by atoms with Gasteiger partial charge < -0.3 is 11.1 Å². The summed E-state index contributed by atoms with van der Waals surface area (Å²) in [5.74, 6) is 1.80. The van der Waals surface area contributed by atoms with E-state index in [0.717, 1.165) is 24.4 Å². The zero-order valence-corrected chi connectivity index (χ0v) is 9.34. The Kier molecular flexibility index (Phi) is 3.45. The van der Waals surface area contributed by atoms with E-state index in [9.17, 15) is 0 Å². The largest absolute Gasteiger partial charge is 0.327 e. The molecule has 3 atom stereocenters. The van der Waals surface area contributed by atoms with E-state index < -0.39 is 0 Å². The van der Waals surface area contributed by atoms with Crippen LogP contribution in [0.4, 0.5) is 0 Å². The van der Waals surface area contributed by atoms with Gasteiger partial charge in [0.05, 0.1) is 0 Å². The summed E-state index contributed by atoms with van der Waals surface area (Å²) in [6, 6.07) is 1.26. The van der Waals surface area contributed by atoms with Crippen LogP contribution in [0.2, 0.25) is 0 Å². The van der Waals surface area contributed by atoms with Gasteiger partial charge in [0.15, 0.2) is 0 Å². The van der Waals surface area contributed by atoms with Crippen LogP contribution in [-0.2, 0) is 0 Å². The molecule has 2 saturated carbocycles. The Morgan fingerprint density at radius 1 is 1.29 bits per heavy atom. The number of hydrogen-bond donors (Lipinski definition) is 2. The second-order valence-corrected chi connectivity index (χ2v) is 5.36. The number of nitrogens with one attached hydrogen (secondary N) is 1. The van der Waals surface area contributed by atoms with Crippen molar-refractivity contribution in [1.29, 1.82) is 0 Å². The Morgan fingerprint density at radius 2 is 2.07 bits per heavy atom. The highest BCUT2D eigenvalue weighted by molar-refractivity contribution is 4.85. The van der Waals surface area contributed by atoms with Gasteiger partial charge in [-0.2, -0.15) is 0 Å². The van der Waals surface area contributed by atoms with Gasteiger partial charge in [0.1, 0.15) is 0 Å². The Labute approximate surface area is 87.6 Å². The van der Waals surface area contributed by atoms with Crippen LogP contribution in [0.25, 0.3) is 0 Å². The third-order valence-corrected chi connectivity index (χ3v) is 3.83. The maximum absolute atomic E-state index is 6.05. The van der Waals surface area contributed by atoms with E-state index in [1.807, 2.05) is 0 Å². The van der Waals surface area contributed by atoms with Crippen molar-refractivity contribution >= 4 is 0 Å². The fourth-order valence-corrected chi connectivity index (χ4v) is 2.61. The van der Waals surface area contributed by atoms with Crippen LogP contribution >= 0.6 is 0 Å². The van der Waals surface area contributed by atoms with E-state index in [4.69, 9.17) is 5.73 Å². The van der Waals surface area contributed by atoms with Gasteiger partial charge >= 0.3 is 0 Å². The Bertz CT molecular complexity index is 177. The van der Waals surface area contributed by atoms with Crippen LogP contribution in [0.15, 0.2) is 0 Å². The molecular weight excluding hydrogens is 172 g/mol. The summed E-state index contributed by atoms with van der Waals surface area (Å²) in [7, 11) is 0. The average Bonchev–Trinajstić information content (AvgIpc) is 2.92. The Hall–Kier alpha value is -0.0800. The maximum atomic E-state index is 6.05. The lowest BCUT2D eigenvalue weighted by atomic mass is 10.1. The van der Waals surface area contributed by atoms with Crippen molar-refractivity contribution in [2.24, 2.45) is 17.6 Å². The van der Waals surface area contributed by atoms with E-state index in [-0.39, 0.29) is 0 Å². The molecule has 2 aliphatic rings. The van der Waals surface area contributed by atoms with Gasteiger partial charge in [-0.15, -0.1) is 0 Å². The van der Waals surface area contributed by atoms with Gasteiger partial charge in [0.2, 0.25) is 0 Å². The molecule has 2 fully saturated rings. The first kappa shape index (κ1) is 10.4. The van der Waals surface area contributed by atoms with Crippen molar-refractivity contribution in [3.63, 3.8) is 0 Å². The molecule has 0 spiro atoms. The summed E-state index contributed by atoms with van der Waals surface area (Å²) >= 11 is 0. The fraction of sp³-hybridized carbons (Fsp3) is 1.00. The summed E-state index contributed by atoms with van der Waals surface area (Å²) < 4.78 is 0. The molecule has 0 aromatic carbocycles. The van der Waals surface area contributed by atoms with E-state index in [1.54, 1.807) is 0 Å². The Balaban J connectivity index is 1.54. The van der Waals surface area contributed by atoms with Crippen molar-refractivity contribution in [1.82, 2.24) is 5.32 Å². The van der Waals surface area contributed by atoms with Gasteiger partial charge in [0.25, 0.3) is 0 Å². The molecule has 0 radical (unpaired) electrons. The second kappa shape index (κ2) is 4.63. The van der Waals surface area contributed by atoms with Gasteiger partial charge in [-0.25, -0.2) is 0 Å². The molecule has 2 heteroatoms. The molecule has 0 saturated heterocycles. The van der Waals surface area contributed by atoms with Crippen LogP contribution in [0.5, 0.6) is 0 Å². The normalized spacial score (nSPS) is 34.7. The molecule has 82 valence electrons. The predicted molar refractivity (Wildman–Crippen MR) is 60.1 cm³/mol. The van der Waals surface area contributed by atoms with Gasteiger partial charge in [-0.3, -0.25) is 0 Å². The second-order valence-electron chi connectivity index (χ2n) is 5.36. The third kappa shape index (κ3) is 2.96. The molecule has 0 aromatic heterocycles. The van der Waals surface area contributed by atoms with E-state index in [0.29, 0.717) is 6.04 Å². The van der Waals surface area contributed by atoms with Gasteiger partial charge in [-0.1, -0.05) is 6.92 Å². The lowest BCUT2D eigenvalue weighted by molar-refractivity contribution is 0.459. The van der Waals surface area contributed by atoms with Gasteiger partial charge in [0, 0.05) is 12.1 Å². The zero-order chi connectivity index (χ0) is 9.97. The monoisotopic (exact) mass is 196 g/mol. The van der Waals surface area contributed by atoms with Crippen molar-refractivity contribution in [3.05, 3.63) is 0 Å². The summed E-state index contributed by atoms with van der Waals surface area (Å²) in [5, 5.41) is 3.65. The molecule has 2 aliphatic carbocycles. The number of nitrogens with two attached hydrogens (primary N) is 1. The van der Waals surface area contributed by atoms with Crippen LogP contribution in [-0.4, -0.2) is 18.6 Å². The smallest absolute Gasteiger partial charge is 0.00792 e. The van der Waals surface area contributed by atoms with Crippen LogP contribution in [0, 0.1) is 11.8 Å². The molecular formula is C12H24N2. The molecule has 2 nitrogen and oxygen atoms in total. The minimum Gasteiger partial charge on any atom is -0.327 e. The van der Waals surface area contributed by atoms with E-state index >= 15 is 0 Å². The molecule has 0 bridgehead atoms. The molecule has 0 aromatic rings. The highest BCUT2D eigenvalue weighted by Gasteiger charge is 2.28. The van der Waals surface area contributed by atoms with E-state index in [1.165, 1.54) is 38.5 Å². The maximum Gasteiger partial charge on any atom is 0.00792 e. The summed E-state index contributed by atoms with van der Waals surface area (Å²) in [5.41, 5.74) is 6.05. The number of rotatable bonds is 5. The van der Waals surface area contributed by atoms with E-state index in [2.05, 4.69) is 12.2 Å². The van der Waals surface area contributed by atoms with Crippen molar-refractivity contribution in [2.45, 2.75) is 57.5 Å². The molecule has 14 heavy (non-hydrogen) atoms. The first-order valence-electron chi connectivity index (χ1n) is 6.24. The molecule has 0 heterocycles. The summed E-state index contributed by atoms with van der Waals surface area (Å²) in [6.45, 7) is 3.49. The molecule has 3 N–H and O–H groups in total. The van der Waals surface area contributed by atoms with Crippen molar-refractivity contribution in [3.8, 4) is 0 Å². The Morgan fingerprint density at radius 3 is 2.64 bits per heavy atom. The molecule has 0 amide bonds. The zero-order valence-electron chi connectivity index (χ0n) is 9.34. The third-order valence-electron chi connectivity index (χ3n) is 3.83. The lowest BCUT2D eigenvalue weighted by Crippen LogP contribution is -2.33. The predicted octanol–water partition coefficient (Wildman–Crippen LogP) is 1.89. The van der Waals surface area contributed by atoms with Crippen LogP contribution in [0.1, 0.15) is 45.4 Å². The SMILES string of the molecule is CC1CCC(NCCC(N)C2CC2)C1. The summed E-state index contributed by atoms with van der Waals surface area (Å²) in [4.78, 5) is 0. The van der Waals surface area contributed by atoms with Crippen LogP contribution in [0.3, 0.4) is 0 Å². The van der Waals surface area contributed by atoms with Crippen molar-refractivity contribution in [2.75, 3.05) is 6.54 Å². The molecule has 2 rings (SSSR count). The summed E-state index contributed by atoms with van der Waals surface area (Å²) in [6.07, 6.45) is 8.09. The topological polar surface area (TPSA) is 38.0 Å². The lowest BCUT2D eigenvalue weighted by Gasteiger charge is -2.15. The minimum absolute atomic E-state index is 0.473. The highest BCUT2D eigenvalue weighted by atomic mass is 14.9. The van der Waals surface area contributed by atoms with Crippen molar-refractivity contribution < 1.29 is 0 Å². The fourth-order valence-electron chi connectivity index (χ4n) is 2.61. The number of hydrogen-bond acceptors (Lipinski definition) is 2. The standard InChI is InChI=1S/C12H24N2/c1-9-2-5-11(8-9)14-7-6-12(13)10-3-4-10/h9-12,14H,2-8,13H2,1H3.